The third-order valence-corrected chi connectivity index (χ3v) is 5.08. The second kappa shape index (κ2) is 10.2. The van der Waals surface area contributed by atoms with Crippen LogP contribution in [-0.2, 0) is 11.3 Å². The van der Waals surface area contributed by atoms with Gasteiger partial charge in [0.2, 0.25) is 5.91 Å². The van der Waals surface area contributed by atoms with Gasteiger partial charge in [0.05, 0.1) is 18.6 Å². The Balaban J connectivity index is 2.02. The summed E-state index contributed by atoms with van der Waals surface area (Å²) in [5.41, 5.74) is 0.471. The summed E-state index contributed by atoms with van der Waals surface area (Å²) in [6, 6.07) is 5.91. The summed E-state index contributed by atoms with van der Waals surface area (Å²) in [7, 11) is 5.02. The fourth-order valence-electron chi connectivity index (χ4n) is 3.29. The third-order valence-electron chi connectivity index (χ3n) is 5.08. The van der Waals surface area contributed by atoms with Crippen LogP contribution in [-0.4, -0.2) is 45.7 Å². The van der Waals surface area contributed by atoms with Crippen LogP contribution in [0.5, 0.6) is 11.5 Å². The van der Waals surface area contributed by atoms with Gasteiger partial charge in [-0.05, 0) is 45.6 Å². The van der Waals surface area contributed by atoms with E-state index in [1.165, 1.54) is 12.8 Å². The van der Waals surface area contributed by atoms with Crippen LogP contribution < -0.4 is 25.4 Å². The van der Waals surface area contributed by atoms with Gasteiger partial charge in [0.25, 0.3) is 0 Å². The molecule has 1 aromatic carbocycles. The Bertz CT molecular complexity index is 682. The van der Waals surface area contributed by atoms with Crippen molar-refractivity contribution in [3.63, 3.8) is 0 Å². The number of rotatable bonds is 8. The van der Waals surface area contributed by atoms with Crippen LogP contribution >= 0.6 is 0 Å². The van der Waals surface area contributed by atoms with Crippen LogP contribution in [0.1, 0.15) is 45.1 Å². The molecule has 0 aliphatic heterocycles. The van der Waals surface area contributed by atoms with Crippen LogP contribution in [0, 0.1) is 5.41 Å². The minimum absolute atomic E-state index is 0.0181. The number of methoxy groups -OCH3 is 1. The summed E-state index contributed by atoms with van der Waals surface area (Å²) < 4.78 is 11.8. The van der Waals surface area contributed by atoms with E-state index in [0.717, 1.165) is 29.9 Å². The van der Waals surface area contributed by atoms with Crippen LogP contribution in [0.4, 0.5) is 0 Å². The molecule has 3 N–H and O–H groups in total. The standard InChI is InChI=1S/C21H34N4O3/c1-21(2,19(26)22-3)14-25-20(23-4)24-13-15-9-8-12-17(27-5)18(15)28-16-10-6-7-11-16/h8-9,12,16H,6-7,10-11,13-14H2,1-5H3,(H,22,26)(H2,23,24,25). The van der Waals surface area contributed by atoms with Crippen LogP contribution in [0.15, 0.2) is 23.2 Å². The van der Waals surface area contributed by atoms with Gasteiger partial charge in [0, 0.05) is 32.7 Å². The third kappa shape index (κ3) is 5.78. The first-order valence-electron chi connectivity index (χ1n) is 9.90. The molecule has 1 amide bonds. The highest BCUT2D eigenvalue weighted by Gasteiger charge is 2.26. The van der Waals surface area contributed by atoms with Crippen LogP contribution in [0.2, 0.25) is 0 Å². The Morgan fingerprint density at radius 2 is 1.96 bits per heavy atom. The summed E-state index contributed by atoms with van der Waals surface area (Å²) in [6.07, 6.45) is 4.85. The van der Waals surface area contributed by atoms with Crippen molar-refractivity contribution in [2.45, 2.75) is 52.2 Å². The van der Waals surface area contributed by atoms with E-state index in [4.69, 9.17) is 9.47 Å². The molecule has 0 atom stereocenters. The molecule has 1 aromatic rings. The van der Waals surface area contributed by atoms with Gasteiger partial charge in [-0.2, -0.15) is 0 Å². The number of benzene rings is 1. The van der Waals surface area contributed by atoms with Gasteiger partial charge in [0.15, 0.2) is 17.5 Å². The van der Waals surface area contributed by atoms with Gasteiger partial charge in [-0.3, -0.25) is 9.79 Å². The maximum atomic E-state index is 12.0. The number of amides is 1. The topological polar surface area (TPSA) is 84.0 Å². The van der Waals surface area contributed by atoms with Crippen molar-refractivity contribution >= 4 is 11.9 Å². The summed E-state index contributed by atoms with van der Waals surface area (Å²) in [6.45, 7) is 4.79. The van der Waals surface area contributed by atoms with Crippen molar-refractivity contribution in [1.82, 2.24) is 16.0 Å². The summed E-state index contributed by atoms with van der Waals surface area (Å²) in [5, 5.41) is 9.22. The van der Waals surface area contributed by atoms with E-state index in [-0.39, 0.29) is 12.0 Å². The van der Waals surface area contributed by atoms with Crippen molar-refractivity contribution < 1.29 is 14.3 Å². The molecule has 7 heteroatoms. The lowest BCUT2D eigenvalue weighted by molar-refractivity contribution is -0.128. The number of guanidine groups is 1. The molecule has 1 saturated carbocycles. The monoisotopic (exact) mass is 390 g/mol. The highest BCUT2D eigenvalue weighted by molar-refractivity contribution is 5.84. The molecule has 2 rings (SSSR count). The van der Waals surface area contributed by atoms with Crippen molar-refractivity contribution in [2.24, 2.45) is 10.4 Å². The maximum absolute atomic E-state index is 12.0. The molecule has 28 heavy (non-hydrogen) atoms. The molecule has 0 bridgehead atoms. The number of hydrogen-bond acceptors (Lipinski definition) is 4. The van der Waals surface area contributed by atoms with Gasteiger partial charge < -0.3 is 25.4 Å². The zero-order chi connectivity index (χ0) is 20.6. The minimum atomic E-state index is -0.543. The van der Waals surface area contributed by atoms with E-state index >= 15 is 0 Å². The normalized spacial score (nSPS) is 15.2. The van der Waals surface area contributed by atoms with Gasteiger partial charge in [0.1, 0.15) is 0 Å². The molecular formula is C21H34N4O3. The number of aliphatic imine (C=N–C) groups is 1. The van der Waals surface area contributed by atoms with Crippen molar-refractivity contribution in [2.75, 3.05) is 27.7 Å². The largest absolute Gasteiger partial charge is 0.493 e. The Labute approximate surface area is 168 Å². The van der Waals surface area contributed by atoms with E-state index in [0.29, 0.717) is 19.0 Å². The first-order valence-corrected chi connectivity index (χ1v) is 9.90. The van der Waals surface area contributed by atoms with Crippen LogP contribution in [0.3, 0.4) is 0 Å². The average Bonchev–Trinajstić information content (AvgIpc) is 3.21. The maximum Gasteiger partial charge on any atom is 0.227 e. The molecule has 0 heterocycles. The Morgan fingerprint density at radius 1 is 1.25 bits per heavy atom. The summed E-state index contributed by atoms with van der Waals surface area (Å²) in [5.74, 6) is 2.16. The van der Waals surface area contributed by atoms with Gasteiger partial charge in [-0.25, -0.2) is 0 Å². The molecule has 0 aromatic heterocycles. The Hall–Kier alpha value is -2.44. The van der Waals surface area contributed by atoms with E-state index < -0.39 is 5.41 Å². The molecule has 1 aliphatic carbocycles. The van der Waals surface area contributed by atoms with Gasteiger partial charge in [-0.15, -0.1) is 0 Å². The first-order chi connectivity index (χ1) is 13.4. The van der Waals surface area contributed by atoms with E-state index in [2.05, 4.69) is 20.9 Å². The smallest absolute Gasteiger partial charge is 0.227 e. The predicted octanol–water partition coefficient (Wildman–Crippen LogP) is 2.45. The number of nitrogens with zero attached hydrogens (tertiary/aromatic N) is 1. The number of ether oxygens (including phenoxy) is 2. The first kappa shape index (κ1) is 21.9. The Morgan fingerprint density at radius 3 is 2.57 bits per heavy atom. The number of nitrogens with one attached hydrogen (secondary N) is 3. The van der Waals surface area contributed by atoms with Crippen molar-refractivity contribution in [3.05, 3.63) is 23.8 Å². The van der Waals surface area contributed by atoms with E-state index in [9.17, 15) is 4.79 Å². The SMILES string of the molecule is CN=C(NCc1cccc(OC)c1OC1CCCC1)NCC(C)(C)C(=O)NC. The van der Waals surface area contributed by atoms with Crippen molar-refractivity contribution in [1.29, 1.82) is 0 Å². The lowest BCUT2D eigenvalue weighted by Crippen LogP contribution is -2.47. The molecule has 7 nitrogen and oxygen atoms in total. The lowest BCUT2D eigenvalue weighted by Gasteiger charge is -2.24. The molecule has 0 radical (unpaired) electrons. The molecule has 156 valence electrons. The highest BCUT2D eigenvalue weighted by Crippen LogP contribution is 2.34. The second-order valence-electron chi connectivity index (χ2n) is 7.72. The zero-order valence-corrected chi connectivity index (χ0v) is 17.7. The fourth-order valence-corrected chi connectivity index (χ4v) is 3.29. The van der Waals surface area contributed by atoms with Gasteiger partial charge in [-0.1, -0.05) is 12.1 Å². The lowest BCUT2D eigenvalue weighted by atomic mass is 9.92. The van der Waals surface area contributed by atoms with E-state index in [1.807, 2.05) is 32.0 Å². The van der Waals surface area contributed by atoms with Gasteiger partial charge >= 0.3 is 0 Å². The van der Waals surface area contributed by atoms with E-state index in [1.54, 1.807) is 21.2 Å². The minimum Gasteiger partial charge on any atom is -0.493 e. The summed E-state index contributed by atoms with van der Waals surface area (Å²) >= 11 is 0. The average molecular weight is 391 g/mol. The number of hydrogen-bond donors (Lipinski definition) is 3. The fraction of sp³-hybridized carbons (Fsp3) is 0.619. The molecule has 1 fully saturated rings. The highest BCUT2D eigenvalue weighted by atomic mass is 16.5. The zero-order valence-electron chi connectivity index (χ0n) is 17.7. The molecule has 0 spiro atoms. The van der Waals surface area contributed by atoms with Crippen LogP contribution in [0.25, 0.3) is 0 Å². The molecular weight excluding hydrogens is 356 g/mol. The summed E-state index contributed by atoms with van der Waals surface area (Å²) in [4.78, 5) is 16.2. The second-order valence-corrected chi connectivity index (χ2v) is 7.72. The number of carbonyl (C=O) groups excluding carboxylic acids is 1. The quantitative estimate of drug-likeness (QED) is 0.469. The molecule has 0 unspecified atom stereocenters. The molecule has 0 saturated heterocycles. The Kier molecular flexibility index (Phi) is 7.96. The van der Waals surface area contributed by atoms with Crippen molar-refractivity contribution in [3.8, 4) is 11.5 Å². The number of carbonyl (C=O) groups is 1. The predicted molar refractivity (Wildman–Crippen MR) is 112 cm³/mol. The molecule has 1 aliphatic rings. The number of para-hydroxylation sites is 1.